The minimum Gasteiger partial charge on any atom is -0.309 e. The van der Waals surface area contributed by atoms with Gasteiger partial charge in [-0.1, -0.05) is 30.3 Å². The molecule has 4 nitrogen and oxygen atoms in total. The van der Waals surface area contributed by atoms with Gasteiger partial charge in [0, 0.05) is 31.4 Å². The molecule has 1 aromatic rings. The lowest BCUT2D eigenvalue weighted by molar-refractivity contribution is 0.217. The quantitative estimate of drug-likeness (QED) is 0.914. The van der Waals surface area contributed by atoms with E-state index in [1.807, 2.05) is 18.2 Å². The topological polar surface area (TPSA) is 49.4 Å². The predicted molar refractivity (Wildman–Crippen MR) is 82.5 cm³/mol. The van der Waals surface area contributed by atoms with Crippen molar-refractivity contribution in [3.63, 3.8) is 0 Å². The summed E-state index contributed by atoms with van der Waals surface area (Å²) in [5, 5.41) is 3.56. The molecule has 0 spiro atoms. The first-order valence-electron chi connectivity index (χ1n) is 7.16. The van der Waals surface area contributed by atoms with Crippen LogP contribution in [0.1, 0.15) is 24.9 Å². The van der Waals surface area contributed by atoms with Crippen LogP contribution in [-0.4, -0.2) is 51.0 Å². The second kappa shape index (κ2) is 6.70. The van der Waals surface area contributed by atoms with Crippen LogP contribution in [0.15, 0.2) is 30.3 Å². The third kappa shape index (κ3) is 4.58. The lowest BCUT2D eigenvalue weighted by atomic mass is 10.1. The van der Waals surface area contributed by atoms with Gasteiger partial charge in [0.05, 0.1) is 5.75 Å². The molecule has 1 aromatic carbocycles. The number of benzene rings is 1. The average molecular weight is 296 g/mol. The summed E-state index contributed by atoms with van der Waals surface area (Å²) in [6, 6.07) is 11.1. The average Bonchev–Trinajstić information content (AvgIpc) is 2.59. The molecule has 1 N–H and O–H groups in total. The molecular weight excluding hydrogens is 272 g/mol. The monoisotopic (exact) mass is 296 g/mol. The first kappa shape index (κ1) is 15.5. The van der Waals surface area contributed by atoms with E-state index < -0.39 is 9.84 Å². The molecule has 2 atom stereocenters. The molecule has 1 fully saturated rings. The van der Waals surface area contributed by atoms with Crippen molar-refractivity contribution in [2.24, 2.45) is 0 Å². The Bertz CT molecular complexity index is 516. The molecule has 1 saturated heterocycles. The van der Waals surface area contributed by atoms with Crippen molar-refractivity contribution >= 4 is 9.84 Å². The first-order chi connectivity index (χ1) is 9.46. The highest BCUT2D eigenvalue weighted by atomic mass is 32.2. The minimum atomic E-state index is -2.90. The SMILES string of the molecule is CC1CCNC(c2ccccc2)CN1CCS(C)(=O)=O. The Morgan fingerprint density at radius 2 is 2.00 bits per heavy atom. The molecule has 0 radical (unpaired) electrons. The number of rotatable bonds is 4. The highest BCUT2D eigenvalue weighted by Gasteiger charge is 2.24. The molecular formula is C15H24N2O2S. The lowest BCUT2D eigenvalue weighted by Gasteiger charge is -2.28. The normalized spacial score (nSPS) is 25.3. The maximum absolute atomic E-state index is 11.4. The van der Waals surface area contributed by atoms with Gasteiger partial charge >= 0.3 is 0 Å². The predicted octanol–water partition coefficient (Wildman–Crippen LogP) is 1.46. The van der Waals surface area contributed by atoms with Crippen LogP contribution in [0.25, 0.3) is 0 Å². The molecule has 2 unspecified atom stereocenters. The maximum atomic E-state index is 11.4. The Kier molecular flexibility index (Phi) is 5.18. The molecule has 1 aliphatic rings. The second-order valence-electron chi connectivity index (χ2n) is 5.68. The summed E-state index contributed by atoms with van der Waals surface area (Å²) in [5.74, 6) is 0.235. The molecule has 1 aliphatic heterocycles. The Balaban J connectivity index is 2.06. The molecule has 112 valence electrons. The standard InChI is InChI=1S/C15H24N2O2S/c1-13-8-9-16-15(14-6-4-3-5-7-14)12-17(13)10-11-20(2,18)19/h3-7,13,15-16H,8-12H2,1-2H3. The third-order valence-electron chi connectivity index (χ3n) is 3.94. The summed E-state index contributed by atoms with van der Waals surface area (Å²) in [6.07, 6.45) is 2.36. The number of hydrogen-bond donors (Lipinski definition) is 1. The van der Waals surface area contributed by atoms with E-state index in [0.29, 0.717) is 12.6 Å². The molecule has 0 amide bonds. The van der Waals surface area contributed by atoms with Crippen LogP contribution >= 0.6 is 0 Å². The zero-order valence-corrected chi connectivity index (χ0v) is 13.1. The highest BCUT2D eigenvalue weighted by molar-refractivity contribution is 7.90. The van der Waals surface area contributed by atoms with Gasteiger partial charge in [0.2, 0.25) is 0 Å². The van der Waals surface area contributed by atoms with E-state index >= 15 is 0 Å². The van der Waals surface area contributed by atoms with Crippen molar-refractivity contribution in [2.75, 3.05) is 31.6 Å². The van der Waals surface area contributed by atoms with Crippen LogP contribution in [0.3, 0.4) is 0 Å². The summed E-state index contributed by atoms with van der Waals surface area (Å²) in [4.78, 5) is 2.29. The molecule has 0 aliphatic carbocycles. The number of sulfone groups is 1. The fourth-order valence-electron chi connectivity index (χ4n) is 2.63. The molecule has 0 saturated carbocycles. The van der Waals surface area contributed by atoms with Crippen LogP contribution < -0.4 is 5.32 Å². The largest absolute Gasteiger partial charge is 0.309 e. The molecule has 0 bridgehead atoms. The molecule has 0 aromatic heterocycles. The van der Waals surface area contributed by atoms with Crippen molar-refractivity contribution < 1.29 is 8.42 Å². The van der Waals surface area contributed by atoms with Crippen molar-refractivity contribution in [3.05, 3.63) is 35.9 Å². The molecule has 2 rings (SSSR count). The first-order valence-corrected chi connectivity index (χ1v) is 9.22. The van der Waals surface area contributed by atoms with Crippen molar-refractivity contribution in [2.45, 2.75) is 25.4 Å². The zero-order chi connectivity index (χ0) is 14.6. The van der Waals surface area contributed by atoms with Gasteiger partial charge < -0.3 is 5.32 Å². The van der Waals surface area contributed by atoms with Gasteiger partial charge in [-0.15, -0.1) is 0 Å². The fraction of sp³-hybridized carbons (Fsp3) is 0.600. The zero-order valence-electron chi connectivity index (χ0n) is 12.2. The van der Waals surface area contributed by atoms with Crippen LogP contribution in [0.5, 0.6) is 0 Å². The maximum Gasteiger partial charge on any atom is 0.148 e. The van der Waals surface area contributed by atoms with Gasteiger partial charge in [-0.3, -0.25) is 4.90 Å². The van der Waals surface area contributed by atoms with Gasteiger partial charge in [-0.25, -0.2) is 8.42 Å². The summed E-state index contributed by atoms with van der Waals surface area (Å²) in [5.41, 5.74) is 1.27. The van der Waals surface area contributed by atoms with E-state index in [1.54, 1.807) is 0 Å². The summed E-state index contributed by atoms with van der Waals surface area (Å²) >= 11 is 0. The van der Waals surface area contributed by atoms with E-state index in [-0.39, 0.29) is 11.8 Å². The van der Waals surface area contributed by atoms with Crippen molar-refractivity contribution in [1.82, 2.24) is 10.2 Å². The minimum absolute atomic E-state index is 0.235. The van der Waals surface area contributed by atoms with E-state index in [1.165, 1.54) is 11.8 Å². The third-order valence-corrected chi connectivity index (χ3v) is 4.87. The van der Waals surface area contributed by atoms with Crippen LogP contribution in [0.4, 0.5) is 0 Å². The Morgan fingerprint density at radius 3 is 2.65 bits per heavy atom. The number of nitrogens with zero attached hydrogens (tertiary/aromatic N) is 1. The highest BCUT2D eigenvalue weighted by Crippen LogP contribution is 2.19. The summed E-state index contributed by atoms with van der Waals surface area (Å²) < 4.78 is 22.8. The Labute approximate surface area is 122 Å². The van der Waals surface area contributed by atoms with Gasteiger partial charge in [0.15, 0.2) is 0 Å². The van der Waals surface area contributed by atoms with Gasteiger partial charge in [-0.05, 0) is 25.5 Å². The van der Waals surface area contributed by atoms with Crippen LogP contribution in [0.2, 0.25) is 0 Å². The second-order valence-corrected chi connectivity index (χ2v) is 7.94. The van der Waals surface area contributed by atoms with Crippen LogP contribution in [-0.2, 0) is 9.84 Å². The van der Waals surface area contributed by atoms with Gasteiger partial charge in [0.1, 0.15) is 9.84 Å². The van der Waals surface area contributed by atoms with Crippen LogP contribution in [0, 0.1) is 0 Å². The fourth-order valence-corrected chi connectivity index (χ4v) is 3.20. The number of nitrogens with one attached hydrogen (secondary N) is 1. The van der Waals surface area contributed by atoms with Crippen molar-refractivity contribution in [3.8, 4) is 0 Å². The summed E-state index contributed by atoms with van der Waals surface area (Å²) in [6.45, 7) is 4.62. The summed E-state index contributed by atoms with van der Waals surface area (Å²) in [7, 11) is -2.90. The van der Waals surface area contributed by atoms with E-state index in [4.69, 9.17) is 0 Å². The van der Waals surface area contributed by atoms with E-state index in [9.17, 15) is 8.42 Å². The smallest absolute Gasteiger partial charge is 0.148 e. The molecule has 5 heteroatoms. The molecule has 1 heterocycles. The van der Waals surface area contributed by atoms with E-state index in [2.05, 4.69) is 29.3 Å². The Morgan fingerprint density at radius 1 is 1.30 bits per heavy atom. The van der Waals surface area contributed by atoms with E-state index in [0.717, 1.165) is 19.5 Å². The van der Waals surface area contributed by atoms with Gasteiger partial charge in [0.25, 0.3) is 0 Å². The van der Waals surface area contributed by atoms with Crippen molar-refractivity contribution in [1.29, 1.82) is 0 Å². The molecule has 20 heavy (non-hydrogen) atoms. The Hall–Kier alpha value is -0.910. The number of hydrogen-bond acceptors (Lipinski definition) is 4. The lowest BCUT2D eigenvalue weighted by Crippen LogP contribution is -2.38. The van der Waals surface area contributed by atoms with Gasteiger partial charge in [-0.2, -0.15) is 0 Å².